The molecule has 154 valence electrons. The number of rotatable bonds is 5. The van der Waals surface area contributed by atoms with Gasteiger partial charge in [-0.25, -0.2) is 0 Å². The van der Waals surface area contributed by atoms with Gasteiger partial charge in [0.25, 0.3) is 5.91 Å². The van der Waals surface area contributed by atoms with Gasteiger partial charge in [0.1, 0.15) is 0 Å². The van der Waals surface area contributed by atoms with Crippen LogP contribution in [0.5, 0.6) is 0 Å². The van der Waals surface area contributed by atoms with Gasteiger partial charge in [-0.2, -0.15) is 0 Å². The van der Waals surface area contributed by atoms with Crippen LogP contribution in [0.3, 0.4) is 0 Å². The van der Waals surface area contributed by atoms with E-state index in [1.807, 2.05) is 31.2 Å². The second kappa shape index (κ2) is 9.14. The minimum Gasteiger partial charge on any atom is -0.369 e. The number of amides is 1. The Bertz CT molecular complexity index is 991. The Kier molecular flexibility index (Phi) is 6.15. The van der Waals surface area contributed by atoms with Gasteiger partial charge in [-0.15, -0.1) is 0 Å². The molecule has 4 rings (SSSR count). The molecule has 4 nitrogen and oxygen atoms in total. The summed E-state index contributed by atoms with van der Waals surface area (Å²) >= 11 is 0. The second-order valence-corrected chi connectivity index (χ2v) is 8.07. The summed E-state index contributed by atoms with van der Waals surface area (Å²) in [6.45, 7) is 9.16. The largest absolute Gasteiger partial charge is 0.369 e. The van der Waals surface area contributed by atoms with E-state index in [9.17, 15) is 4.79 Å². The molecule has 3 aromatic carbocycles. The van der Waals surface area contributed by atoms with Gasteiger partial charge in [0.05, 0.1) is 0 Å². The molecule has 30 heavy (non-hydrogen) atoms. The zero-order valence-electron chi connectivity index (χ0n) is 17.8. The van der Waals surface area contributed by atoms with E-state index in [-0.39, 0.29) is 5.91 Å². The topological polar surface area (TPSA) is 35.6 Å². The van der Waals surface area contributed by atoms with Crippen molar-refractivity contribution in [2.24, 2.45) is 0 Å². The summed E-state index contributed by atoms with van der Waals surface area (Å²) in [7, 11) is 0. The minimum atomic E-state index is -0.0648. The molecule has 4 heteroatoms. The third kappa shape index (κ3) is 4.89. The molecule has 0 aromatic heterocycles. The standard InChI is InChI=1S/C26H29N3O/c1-20-8-13-25(21(2)18-20)27-26(30)23-11-9-22(10-12-23)19-28-14-16-29(17-15-28)24-6-4-3-5-7-24/h3-13,18H,14-17,19H2,1-2H3,(H,27,30). The van der Waals surface area contributed by atoms with Crippen LogP contribution in [-0.2, 0) is 6.54 Å². The Morgan fingerprint density at radius 1 is 0.867 bits per heavy atom. The lowest BCUT2D eigenvalue weighted by molar-refractivity contribution is 0.102. The summed E-state index contributed by atoms with van der Waals surface area (Å²) in [6, 6.07) is 24.7. The Morgan fingerprint density at radius 3 is 2.23 bits per heavy atom. The molecule has 3 aromatic rings. The van der Waals surface area contributed by atoms with Gasteiger partial charge in [-0.05, 0) is 55.3 Å². The lowest BCUT2D eigenvalue weighted by Gasteiger charge is -2.36. The Hall–Kier alpha value is -3.11. The molecule has 0 bridgehead atoms. The smallest absolute Gasteiger partial charge is 0.255 e. The Labute approximate surface area is 179 Å². The highest BCUT2D eigenvalue weighted by molar-refractivity contribution is 6.04. The third-order valence-electron chi connectivity index (χ3n) is 5.75. The van der Waals surface area contributed by atoms with E-state index >= 15 is 0 Å². The molecular formula is C26H29N3O. The molecule has 1 aliphatic rings. The zero-order chi connectivity index (χ0) is 20.9. The third-order valence-corrected chi connectivity index (χ3v) is 5.75. The van der Waals surface area contributed by atoms with E-state index in [0.717, 1.165) is 44.0 Å². The molecule has 1 amide bonds. The van der Waals surface area contributed by atoms with Crippen LogP contribution in [0.25, 0.3) is 0 Å². The van der Waals surface area contributed by atoms with Crippen LogP contribution in [0, 0.1) is 13.8 Å². The number of anilines is 2. The monoisotopic (exact) mass is 399 g/mol. The van der Waals surface area contributed by atoms with Gasteiger partial charge >= 0.3 is 0 Å². The van der Waals surface area contributed by atoms with Crippen molar-refractivity contribution in [2.45, 2.75) is 20.4 Å². The van der Waals surface area contributed by atoms with Crippen LogP contribution < -0.4 is 10.2 Å². The number of nitrogens with one attached hydrogen (secondary N) is 1. The molecule has 1 fully saturated rings. The molecule has 1 heterocycles. The molecule has 0 radical (unpaired) electrons. The van der Waals surface area contributed by atoms with Gasteiger partial charge < -0.3 is 10.2 Å². The highest BCUT2D eigenvalue weighted by Crippen LogP contribution is 2.19. The number of nitrogens with zero attached hydrogens (tertiary/aromatic N) is 2. The SMILES string of the molecule is Cc1ccc(NC(=O)c2ccc(CN3CCN(c4ccccc4)CC3)cc2)c(C)c1. The lowest BCUT2D eigenvalue weighted by atomic mass is 10.1. The average Bonchev–Trinajstić information content (AvgIpc) is 2.77. The molecule has 0 saturated carbocycles. The maximum absolute atomic E-state index is 12.6. The van der Waals surface area contributed by atoms with Crippen LogP contribution in [0.1, 0.15) is 27.0 Å². The molecule has 0 aliphatic carbocycles. The van der Waals surface area contributed by atoms with Crippen molar-refractivity contribution in [3.8, 4) is 0 Å². The molecule has 1 aliphatic heterocycles. The fourth-order valence-corrected chi connectivity index (χ4v) is 3.97. The van der Waals surface area contributed by atoms with E-state index in [4.69, 9.17) is 0 Å². The first kappa shape index (κ1) is 20.2. The molecule has 0 atom stereocenters. The summed E-state index contributed by atoms with van der Waals surface area (Å²) < 4.78 is 0. The van der Waals surface area contributed by atoms with Gasteiger partial charge in [-0.1, -0.05) is 48.0 Å². The number of piperazine rings is 1. The number of carbonyl (C=O) groups excluding carboxylic acids is 1. The molecular weight excluding hydrogens is 370 g/mol. The summed E-state index contributed by atoms with van der Waals surface area (Å²) in [6.07, 6.45) is 0. The second-order valence-electron chi connectivity index (χ2n) is 8.07. The highest BCUT2D eigenvalue weighted by Gasteiger charge is 2.17. The lowest BCUT2D eigenvalue weighted by Crippen LogP contribution is -2.45. The van der Waals surface area contributed by atoms with Crippen molar-refractivity contribution >= 4 is 17.3 Å². The van der Waals surface area contributed by atoms with Crippen LogP contribution in [-0.4, -0.2) is 37.0 Å². The molecule has 1 saturated heterocycles. The van der Waals surface area contributed by atoms with Crippen molar-refractivity contribution < 1.29 is 4.79 Å². The Morgan fingerprint density at radius 2 is 1.57 bits per heavy atom. The summed E-state index contributed by atoms with van der Waals surface area (Å²) in [4.78, 5) is 17.5. The quantitative estimate of drug-likeness (QED) is 0.664. The van der Waals surface area contributed by atoms with Crippen molar-refractivity contribution in [1.29, 1.82) is 0 Å². The van der Waals surface area contributed by atoms with Gasteiger partial charge in [0, 0.05) is 49.7 Å². The summed E-state index contributed by atoms with van der Waals surface area (Å²) in [5.74, 6) is -0.0648. The fourth-order valence-electron chi connectivity index (χ4n) is 3.97. The number of para-hydroxylation sites is 1. The fraction of sp³-hybridized carbons (Fsp3) is 0.269. The number of benzene rings is 3. The molecule has 0 unspecified atom stereocenters. The zero-order valence-corrected chi connectivity index (χ0v) is 17.8. The van der Waals surface area contributed by atoms with Crippen molar-refractivity contribution in [3.05, 3.63) is 95.1 Å². The summed E-state index contributed by atoms with van der Waals surface area (Å²) in [5, 5.41) is 3.02. The summed E-state index contributed by atoms with van der Waals surface area (Å²) in [5.41, 5.74) is 6.37. The highest BCUT2D eigenvalue weighted by atomic mass is 16.1. The van der Waals surface area contributed by atoms with Gasteiger partial charge in [-0.3, -0.25) is 9.69 Å². The molecule has 0 spiro atoms. The van der Waals surface area contributed by atoms with E-state index in [2.05, 4.69) is 70.6 Å². The maximum Gasteiger partial charge on any atom is 0.255 e. The number of aryl methyl sites for hydroxylation is 2. The predicted octanol–water partition coefficient (Wildman–Crippen LogP) is 4.88. The van der Waals surface area contributed by atoms with Gasteiger partial charge in [0.2, 0.25) is 0 Å². The van der Waals surface area contributed by atoms with Crippen molar-refractivity contribution in [3.63, 3.8) is 0 Å². The van der Waals surface area contributed by atoms with E-state index < -0.39 is 0 Å². The number of hydrogen-bond acceptors (Lipinski definition) is 3. The predicted molar refractivity (Wildman–Crippen MR) is 124 cm³/mol. The number of hydrogen-bond donors (Lipinski definition) is 1. The minimum absolute atomic E-state index is 0.0648. The van der Waals surface area contributed by atoms with E-state index in [0.29, 0.717) is 5.56 Å². The molecule has 1 N–H and O–H groups in total. The maximum atomic E-state index is 12.6. The van der Waals surface area contributed by atoms with Crippen molar-refractivity contribution in [2.75, 3.05) is 36.4 Å². The normalized spacial score (nSPS) is 14.5. The van der Waals surface area contributed by atoms with Crippen LogP contribution >= 0.6 is 0 Å². The number of carbonyl (C=O) groups is 1. The van der Waals surface area contributed by atoms with Gasteiger partial charge in [0.15, 0.2) is 0 Å². The first-order valence-corrected chi connectivity index (χ1v) is 10.6. The van der Waals surface area contributed by atoms with Crippen LogP contribution in [0.2, 0.25) is 0 Å². The average molecular weight is 400 g/mol. The van der Waals surface area contributed by atoms with E-state index in [1.54, 1.807) is 0 Å². The Balaban J connectivity index is 1.31. The van der Waals surface area contributed by atoms with Crippen LogP contribution in [0.15, 0.2) is 72.8 Å². The van der Waals surface area contributed by atoms with Crippen LogP contribution in [0.4, 0.5) is 11.4 Å². The van der Waals surface area contributed by atoms with Crippen molar-refractivity contribution in [1.82, 2.24) is 4.90 Å². The first-order valence-electron chi connectivity index (χ1n) is 10.6. The first-order chi connectivity index (χ1) is 14.6. The van der Waals surface area contributed by atoms with E-state index in [1.165, 1.54) is 16.8 Å².